The Bertz CT molecular complexity index is 1030. The molecule has 25 heavy (non-hydrogen) atoms. The molecule has 3 aromatic rings. The van der Waals surface area contributed by atoms with Gasteiger partial charge in [0, 0.05) is 11.8 Å². The average molecular weight is 348 g/mol. The summed E-state index contributed by atoms with van der Waals surface area (Å²) in [6.45, 7) is 0. The fourth-order valence-corrected chi connectivity index (χ4v) is 5.27. The van der Waals surface area contributed by atoms with Crippen molar-refractivity contribution < 1.29 is 0 Å². The minimum absolute atomic E-state index is 0.0483. The van der Waals surface area contributed by atoms with Gasteiger partial charge in [-0.15, -0.1) is 11.8 Å². The number of rotatable bonds is 3. The van der Waals surface area contributed by atoms with Crippen LogP contribution in [0.5, 0.6) is 0 Å². The molecule has 2 heterocycles. The number of benzene rings is 2. The second-order valence-corrected chi connectivity index (χ2v) is 8.07. The molecule has 1 aromatic heterocycles. The highest BCUT2D eigenvalue weighted by Gasteiger charge is 2.34. The molecule has 126 valence electrons. The molecule has 2 N–H and O–H groups in total. The largest absolute Gasteiger partial charge is 0.310 e. The van der Waals surface area contributed by atoms with E-state index in [-0.39, 0.29) is 11.7 Å². The van der Waals surface area contributed by atoms with Gasteiger partial charge in [0.1, 0.15) is 0 Å². The minimum atomic E-state index is -0.184. The van der Waals surface area contributed by atoms with Crippen LogP contribution in [0.3, 0.4) is 0 Å². The molecular formula is C21H20N2OS. The standard InChI is InChI=1S/C21H20N2OS/c22-18-12-25-21-20(14-8-9-14)16(11-19(24)23(18)21)10-15-6-3-5-13-4-1-2-7-17(13)15/h1-7,11,14,18H,8-10,12,22H2/t18-/m0/s1. The Morgan fingerprint density at radius 1 is 1.08 bits per heavy atom. The molecule has 5 rings (SSSR count). The molecule has 0 saturated heterocycles. The first-order valence-corrected chi connectivity index (χ1v) is 9.84. The lowest BCUT2D eigenvalue weighted by Crippen LogP contribution is -2.29. The van der Waals surface area contributed by atoms with Crippen LogP contribution >= 0.6 is 11.8 Å². The smallest absolute Gasteiger partial charge is 0.253 e. The second-order valence-electron chi connectivity index (χ2n) is 7.06. The second kappa shape index (κ2) is 5.75. The summed E-state index contributed by atoms with van der Waals surface area (Å²) in [5.41, 5.74) is 10.1. The molecule has 2 aliphatic rings. The lowest BCUT2D eigenvalue weighted by molar-refractivity contribution is 0.532. The summed E-state index contributed by atoms with van der Waals surface area (Å²) in [7, 11) is 0. The van der Waals surface area contributed by atoms with E-state index in [1.807, 2.05) is 10.6 Å². The van der Waals surface area contributed by atoms with Crippen molar-refractivity contribution in [2.45, 2.75) is 36.4 Å². The molecule has 1 aliphatic heterocycles. The van der Waals surface area contributed by atoms with Crippen LogP contribution in [0.15, 0.2) is 58.4 Å². The molecular weight excluding hydrogens is 328 g/mol. The van der Waals surface area contributed by atoms with E-state index in [0.29, 0.717) is 5.92 Å². The molecule has 1 atom stereocenters. The molecule has 0 spiro atoms. The van der Waals surface area contributed by atoms with Crippen molar-refractivity contribution in [2.24, 2.45) is 5.73 Å². The number of fused-ring (bicyclic) bond motifs is 2. The maximum atomic E-state index is 12.7. The molecule has 1 fully saturated rings. The molecule has 2 aromatic carbocycles. The van der Waals surface area contributed by atoms with E-state index < -0.39 is 0 Å². The molecule has 0 bridgehead atoms. The molecule has 1 aliphatic carbocycles. The summed E-state index contributed by atoms with van der Waals surface area (Å²) in [6, 6.07) is 16.8. The van der Waals surface area contributed by atoms with E-state index in [0.717, 1.165) is 17.2 Å². The SMILES string of the molecule is N[C@@H]1CSc2c(C3CC3)c(Cc3cccc4ccccc34)cc(=O)n21. The monoisotopic (exact) mass is 348 g/mol. The van der Waals surface area contributed by atoms with E-state index >= 15 is 0 Å². The van der Waals surface area contributed by atoms with Crippen molar-refractivity contribution in [3.63, 3.8) is 0 Å². The van der Waals surface area contributed by atoms with Crippen molar-refractivity contribution in [1.29, 1.82) is 0 Å². The van der Waals surface area contributed by atoms with Crippen LogP contribution in [-0.2, 0) is 6.42 Å². The van der Waals surface area contributed by atoms with E-state index in [4.69, 9.17) is 5.73 Å². The highest BCUT2D eigenvalue weighted by atomic mass is 32.2. The Hall–Kier alpha value is -2.04. The lowest BCUT2D eigenvalue weighted by atomic mass is 9.95. The fourth-order valence-electron chi connectivity index (χ4n) is 3.97. The zero-order valence-corrected chi connectivity index (χ0v) is 14.8. The van der Waals surface area contributed by atoms with E-state index in [1.165, 1.54) is 40.3 Å². The molecule has 0 radical (unpaired) electrons. The first-order valence-electron chi connectivity index (χ1n) is 8.85. The molecule has 0 unspecified atom stereocenters. The van der Waals surface area contributed by atoms with Gasteiger partial charge in [-0.3, -0.25) is 9.36 Å². The van der Waals surface area contributed by atoms with Gasteiger partial charge < -0.3 is 5.73 Å². The van der Waals surface area contributed by atoms with Crippen LogP contribution in [0.4, 0.5) is 0 Å². The quantitative estimate of drug-likeness (QED) is 0.777. The van der Waals surface area contributed by atoms with Gasteiger partial charge >= 0.3 is 0 Å². The van der Waals surface area contributed by atoms with Crippen molar-refractivity contribution in [3.8, 4) is 0 Å². The maximum absolute atomic E-state index is 12.7. The Balaban J connectivity index is 1.67. The highest BCUT2D eigenvalue weighted by molar-refractivity contribution is 7.99. The predicted octanol–water partition coefficient (Wildman–Crippen LogP) is 4.03. The number of hydrogen-bond acceptors (Lipinski definition) is 3. The summed E-state index contributed by atoms with van der Waals surface area (Å²) in [6.07, 6.45) is 3.08. The molecule has 4 heteroatoms. The maximum Gasteiger partial charge on any atom is 0.253 e. The van der Waals surface area contributed by atoms with Crippen LogP contribution < -0.4 is 11.3 Å². The molecule has 0 amide bonds. The Kier molecular flexibility index (Phi) is 3.50. The number of aromatic nitrogens is 1. The molecule has 1 saturated carbocycles. The number of hydrogen-bond donors (Lipinski definition) is 1. The van der Waals surface area contributed by atoms with E-state index in [2.05, 4.69) is 42.5 Å². The van der Waals surface area contributed by atoms with Crippen molar-refractivity contribution in [1.82, 2.24) is 4.57 Å². The third-order valence-electron chi connectivity index (χ3n) is 5.30. The van der Waals surface area contributed by atoms with Crippen LogP contribution in [0.25, 0.3) is 10.8 Å². The van der Waals surface area contributed by atoms with Gasteiger partial charge in [-0.05, 0) is 52.6 Å². The number of thioether (sulfide) groups is 1. The zero-order valence-electron chi connectivity index (χ0n) is 13.9. The Labute approximate surface area is 150 Å². The summed E-state index contributed by atoms with van der Waals surface area (Å²) < 4.78 is 1.81. The van der Waals surface area contributed by atoms with Gasteiger partial charge in [0.05, 0.1) is 11.2 Å². The van der Waals surface area contributed by atoms with Gasteiger partial charge in [0.15, 0.2) is 0 Å². The van der Waals surface area contributed by atoms with Crippen molar-refractivity contribution in [3.05, 3.63) is 75.6 Å². The van der Waals surface area contributed by atoms with Crippen LogP contribution in [0.1, 0.15) is 41.6 Å². The predicted molar refractivity (Wildman–Crippen MR) is 103 cm³/mol. The number of nitrogens with two attached hydrogens (primary N) is 1. The average Bonchev–Trinajstić information content (AvgIpc) is 3.37. The van der Waals surface area contributed by atoms with Crippen molar-refractivity contribution >= 4 is 22.5 Å². The minimum Gasteiger partial charge on any atom is -0.310 e. The van der Waals surface area contributed by atoms with E-state index in [1.54, 1.807) is 11.8 Å². The number of pyridine rings is 1. The summed E-state index contributed by atoms with van der Waals surface area (Å²) >= 11 is 1.75. The highest BCUT2D eigenvalue weighted by Crippen LogP contribution is 2.48. The summed E-state index contributed by atoms with van der Waals surface area (Å²) in [4.78, 5) is 12.7. The third kappa shape index (κ3) is 2.52. The Morgan fingerprint density at radius 2 is 1.88 bits per heavy atom. The first kappa shape index (κ1) is 15.2. The van der Waals surface area contributed by atoms with Gasteiger partial charge in [0.25, 0.3) is 5.56 Å². The topological polar surface area (TPSA) is 48.0 Å². The van der Waals surface area contributed by atoms with Crippen LogP contribution in [0.2, 0.25) is 0 Å². The lowest BCUT2D eigenvalue weighted by Gasteiger charge is -2.16. The van der Waals surface area contributed by atoms with E-state index in [9.17, 15) is 4.79 Å². The molecule has 3 nitrogen and oxygen atoms in total. The third-order valence-corrected chi connectivity index (χ3v) is 6.50. The van der Waals surface area contributed by atoms with Gasteiger partial charge in [-0.1, -0.05) is 42.5 Å². The van der Waals surface area contributed by atoms with Crippen molar-refractivity contribution in [2.75, 3.05) is 5.75 Å². The number of nitrogens with zero attached hydrogens (tertiary/aromatic N) is 1. The van der Waals surface area contributed by atoms with Gasteiger partial charge in [-0.25, -0.2) is 0 Å². The van der Waals surface area contributed by atoms with Gasteiger partial charge in [0.2, 0.25) is 0 Å². The first-order chi connectivity index (χ1) is 12.2. The van der Waals surface area contributed by atoms with Gasteiger partial charge in [-0.2, -0.15) is 0 Å². The van der Waals surface area contributed by atoms with Crippen LogP contribution in [-0.4, -0.2) is 10.3 Å². The van der Waals surface area contributed by atoms with Crippen LogP contribution in [0, 0.1) is 0 Å². The normalized spacial score (nSPS) is 19.3. The fraction of sp³-hybridized carbons (Fsp3) is 0.286. The Morgan fingerprint density at radius 3 is 2.72 bits per heavy atom. The zero-order chi connectivity index (χ0) is 17.0. The summed E-state index contributed by atoms with van der Waals surface area (Å²) in [5.74, 6) is 1.40. The summed E-state index contributed by atoms with van der Waals surface area (Å²) in [5, 5.41) is 3.65.